The van der Waals surface area contributed by atoms with Gasteiger partial charge in [-0.1, -0.05) is 30.3 Å². The third-order valence-electron chi connectivity index (χ3n) is 4.67. The predicted molar refractivity (Wildman–Crippen MR) is 110 cm³/mol. The Morgan fingerprint density at radius 1 is 1.21 bits per heavy atom. The van der Waals surface area contributed by atoms with Crippen LogP contribution >= 0.6 is 23.4 Å². The van der Waals surface area contributed by atoms with Gasteiger partial charge in [-0.25, -0.2) is 4.79 Å². The molecule has 3 heterocycles. The molecule has 8 heteroatoms. The van der Waals surface area contributed by atoms with Gasteiger partial charge in [-0.2, -0.15) is 0 Å². The van der Waals surface area contributed by atoms with Crippen LogP contribution in [0.15, 0.2) is 49.3 Å². The molecule has 0 saturated heterocycles. The molecule has 0 atom stereocenters. The van der Waals surface area contributed by atoms with Crippen LogP contribution in [0, 0.1) is 6.92 Å². The second-order valence-corrected chi connectivity index (χ2v) is 7.78. The monoisotopic (exact) mass is 415 g/mol. The topological polar surface area (TPSA) is 74.1 Å². The molecule has 0 fully saturated rings. The second kappa shape index (κ2) is 7.48. The van der Waals surface area contributed by atoms with Crippen LogP contribution in [0.5, 0.6) is 0 Å². The summed E-state index contributed by atoms with van der Waals surface area (Å²) in [5.41, 5.74) is 2.89. The first kappa shape index (κ1) is 18.8. The number of aromatic nitrogens is 3. The normalized spacial score (nSPS) is 11.4. The summed E-state index contributed by atoms with van der Waals surface area (Å²) in [6.07, 6.45) is 2.41. The number of fused-ring (bicyclic) bond motifs is 1. The Balaban J connectivity index is 1.67. The molecular weight excluding hydrogens is 398 g/mol. The lowest BCUT2D eigenvalue weighted by molar-refractivity contribution is 0.534. The van der Waals surface area contributed by atoms with Crippen molar-refractivity contribution in [3.63, 3.8) is 0 Å². The summed E-state index contributed by atoms with van der Waals surface area (Å²) in [5.74, 6) is 2.07. The highest BCUT2D eigenvalue weighted by Crippen LogP contribution is 2.31. The van der Waals surface area contributed by atoms with E-state index in [4.69, 9.17) is 20.4 Å². The second-order valence-electron chi connectivity index (χ2n) is 6.43. The third-order valence-corrected chi connectivity index (χ3v) is 6.09. The predicted octanol–water partition coefficient (Wildman–Crippen LogP) is 5.00. The van der Waals surface area contributed by atoms with Crippen molar-refractivity contribution in [2.75, 3.05) is 0 Å². The van der Waals surface area contributed by atoms with E-state index in [1.165, 1.54) is 17.8 Å². The molecule has 0 aliphatic carbocycles. The Morgan fingerprint density at radius 3 is 2.75 bits per heavy atom. The van der Waals surface area contributed by atoms with Gasteiger partial charge in [0.1, 0.15) is 11.3 Å². The van der Waals surface area contributed by atoms with Crippen molar-refractivity contribution in [3.05, 3.63) is 62.9 Å². The molecule has 0 radical (unpaired) electrons. The molecule has 0 saturated carbocycles. The van der Waals surface area contributed by atoms with Gasteiger partial charge in [0.2, 0.25) is 0 Å². The molecule has 4 aromatic rings. The van der Waals surface area contributed by atoms with E-state index in [0.717, 1.165) is 45.2 Å². The van der Waals surface area contributed by atoms with E-state index < -0.39 is 0 Å². The minimum atomic E-state index is -0.375. The maximum atomic E-state index is 12.0. The largest absolute Gasteiger partial charge is 0.469 e. The summed E-state index contributed by atoms with van der Waals surface area (Å²) >= 11 is 7.87. The molecule has 28 heavy (non-hydrogen) atoms. The van der Waals surface area contributed by atoms with Gasteiger partial charge in [-0.05, 0) is 42.7 Å². The molecule has 0 amide bonds. The molecule has 0 unspecified atom stereocenters. The summed E-state index contributed by atoms with van der Waals surface area (Å²) < 4.78 is 12.6. The molecule has 0 aliphatic heterocycles. The van der Waals surface area contributed by atoms with Gasteiger partial charge < -0.3 is 13.4 Å². The van der Waals surface area contributed by atoms with E-state index in [2.05, 4.69) is 10.2 Å². The summed E-state index contributed by atoms with van der Waals surface area (Å²) in [6.45, 7) is 3.90. The van der Waals surface area contributed by atoms with Crippen molar-refractivity contribution >= 4 is 34.3 Å². The molecule has 144 valence electrons. The lowest BCUT2D eigenvalue weighted by atomic mass is 10.1. The van der Waals surface area contributed by atoms with Crippen molar-refractivity contribution in [2.45, 2.75) is 31.2 Å². The molecule has 1 aromatic carbocycles. The highest BCUT2D eigenvalue weighted by molar-refractivity contribution is 7.98. The summed E-state index contributed by atoms with van der Waals surface area (Å²) in [7, 11) is 1.91. The molecular formula is C20H18ClN3O3S. The zero-order chi connectivity index (χ0) is 19.8. The van der Waals surface area contributed by atoms with Gasteiger partial charge in [-0.15, -0.1) is 10.2 Å². The number of furan rings is 1. The average Bonchev–Trinajstić information content (AvgIpc) is 3.24. The lowest BCUT2D eigenvalue weighted by Crippen LogP contribution is -2.01. The molecule has 0 aliphatic rings. The molecule has 0 N–H and O–H groups in total. The van der Waals surface area contributed by atoms with Gasteiger partial charge in [0, 0.05) is 29.3 Å². The Morgan fingerprint density at radius 2 is 2.04 bits per heavy atom. The first-order valence-electron chi connectivity index (χ1n) is 8.79. The van der Waals surface area contributed by atoms with E-state index in [1.807, 2.05) is 43.7 Å². The highest BCUT2D eigenvalue weighted by Gasteiger charge is 2.16. The fraction of sp³-hybridized carbons (Fsp3) is 0.250. The van der Waals surface area contributed by atoms with Crippen LogP contribution in [-0.4, -0.2) is 14.8 Å². The number of rotatable bonds is 5. The number of hydrogen-bond donors (Lipinski definition) is 0. The van der Waals surface area contributed by atoms with Gasteiger partial charge >= 0.3 is 5.63 Å². The zero-order valence-corrected chi connectivity index (χ0v) is 17.2. The van der Waals surface area contributed by atoms with Gasteiger partial charge in [0.25, 0.3) is 0 Å². The van der Waals surface area contributed by atoms with Gasteiger partial charge in [0.05, 0.1) is 11.8 Å². The van der Waals surface area contributed by atoms with E-state index in [9.17, 15) is 4.79 Å². The molecule has 6 nitrogen and oxygen atoms in total. The van der Waals surface area contributed by atoms with E-state index in [1.54, 1.807) is 6.26 Å². The highest BCUT2D eigenvalue weighted by atomic mass is 35.5. The minimum Gasteiger partial charge on any atom is -0.469 e. The maximum Gasteiger partial charge on any atom is 0.336 e. The maximum absolute atomic E-state index is 12.0. The van der Waals surface area contributed by atoms with E-state index in [-0.39, 0.29) is 5.63 Å². The fourth-order valence-electron chi connectivity index (χ4n) is 3.11. The Bertz CT molecular complexity index is 1230. The SMILES string of the molecule is CCc1cc2oc(=O)cc(CSc3nnc(-c4ccoc4C)n3C)c2cc1Cl. The van der Waals surface area contributed by atoms with Crippen LogP contribution in [0.25, 0.3) is 22.4 Å². The van der Waals surface area contributed by atoms with E-state index >= 15 is 0 Å². The van der Waals surface area contributed by atoms with Crippen LogP contribution in [-0.2, 0) is 19.2 Å². The van der Waals surface area contributed by atoms with Crippen molar-refractivity contribution < 1.29 is 8.83 Å². The fourth-order valence-corrected chi connectivity index (χ4v) is 4.31. The van der Waals surface area contributed by atoms with Crippen LogP contribution in [0.2, 0.25) is 5.02 Å². The van der Waals surface area contributed by atoms with Gasteiger partial charge in [0.15, 0.2) is 11.0 Å². The molecule has 4 rings (SSSR count). The van der Waals surface area contributed by atoms with E-state index in [0.29, 0.717) is 16.4 Å². The number of nitrogens with zero attached hydrogens (tertiary/aromatic N) is 3. The molecule has 3 aromatic heterocycles. The Kier molecular flexibility index (Phi) is 5.03. The Hall–Kier alpha value is -2.51. The number of thioether (sulfide) groups is 1. The van der Waals surface area contributed by atoms with Crippen LogP contribution in [0.1, 0.15) is 23.8 Å². The standard InChI is InChI=1S/C20H18ClN3O3S/c1-4-12-7-17-15(9-16(12)21)13(8-18(25)27-17)10-28-20-23-22-19(24(20)3)14-5-6-26-11(14)2/h5-9H,4,10H2,1-3H3. The summed E-state index contributed by atoms with van der Waals surface area (Å²) in [5, 5.41) is 10.8. The van der Waals surface area contributed by atoms with Crippen LogP contribution < -0.4 is 5.63 Å². The number of aryl methyl sites for hydroxylation is 2. The van der Waals surface area contributed by atoms with Gasteiger partial charge in [-0.3, -0.25) is 0 Å². The molecule has 0 spiro atoms. The first-order valence-corrected chi connectivity index (χ1v) is 10.2. The van der Waals surface area contributed by atoms with Crippen molar-refractivity contribution in [1.29, 1.82) is 0 Å². The van der Waals surface area contributed by atoms with Crippen molar-refractivity contribution in [1.82, 2.24) is 14.8 Å². The van der Waals surface area contributed by atoms with Crippen molar-refractivity contribution in [3.8, 4) is 11.4 Å². The smallest absolute Gasteiger partial charge is 0.336 e. The number of halogens is 1. The summed E-state index contributed by atoms with van der Waals surface area (Å²) in [6, 6.07) is 7.09. The Labute approximate surface area is 170 Å². The van der Waals surface area contributed by atoms with Crippen molar-refractivity contribution in [2.24, 2.45) is 7.05 Å². The minimum absolute atomic E-state index is 0.375. The molecule has 0 bridgehead atoms. The number of benzene rings is 1. The number of hydrogen-bond acceptors (Lipinski definition) is 6. The third kappa shape index (κ3) is 3.36. The summed E-state index contributed by atoms with van der Waals surface area (Å²) in [4.78, 5) is 12.0. The quantitative estimate of drug-likeness (QED) is 0.337. The average molecular weight is 416 g/mol. The van der Waals surface area contributed by atoms with Crippen LogP contribution in [0.4, 0.5) is 0 Å². The lowest BCUT2D eigenvalue weighted by Gasteiger charge is -2.08. The first-order chi connectivity index (χ1) is 13.5. The zero-order valence-electron chi connectivity index (χ0n) is 15.7. The van der Waals surface area contributed by atoms with Crippen LogP contribution in [0.3, 0.4) is 0 Å².